The Bertz CT molecular complexity index is 386. The monoisotopic (exact) mass is 262 g/mol. The Morgan fingerprint density at radius 1 is 1.38 bits per heavy atom. The van der Waals surface area contributed by atoms with Crippen molar-refractivity contribution in [3.63, 3.8) is 0 Å². The van der Waals surface area contributed by atoms with Gasteiger partial charge in [-0.15, -0.1) is 12.4 Å². The van der Waals surface area contributed by atoms with Crippen molar-refractivity contribution in [2.24, 2.45) is 5.92 Å². The van der Waals surface area contributed by atoms with Crippen LogP contribution in [-0.4, -0.2) is 17.7 Å². The number of pyridine rings is 1. The lowest BCUT2D eigenvalue weighted by atomic mass is 9.98. The molecule has 1 aromatic heterocycles. The van der Waals surface area contributed by atoms with Crippen molar-refractivity contribution in [1.82, 2.24) is 9.88 Å². The van der Waals surface area contributed by atoms with Crippen LogP contribution >= 0.6 is 24.0 Å². The summed E-state index contributed by atoms with van der Waals surface area (Å²) in [6.07, 6.45) is 4.00. The summed E-state index contributed by atoms with van der Waals surface area (Å²) in [6.45, 7) is 2.90. The van der Waals surface area contributed by atoms with Crippen LogP contribution in [0.5, 0.6) is 0 Å². The van der Waals surface area contributed by atoms with E-state index in [2.05, 4.69) is 5.32 Å². The summed E-state index contributed by atoms with van der Waals surface area (Å²) < 4.78 is 1.72. The highest BCUT2D eigenvalue weighted by Gasteiger charge is 2.13. The molecule has 0 bridgehead atoms. The summed E-state index contributed by atoms with van der Waals surface area (Å²) in [7, 11) is 0. The van der Waals surface area contributed by atoms with E-state index in [-0.39, 0.29) is 18.0 Å². The normalized spacial score (nSPS) is 16.8. The Labute approximate surface area is 106 Å². The van der Waals surface area contributed by atoms with Crippen molar-refractivity contribution < 1.29 is 0 Å². The second-order valence-corrected chi connectivity index (χ2v) is 4.47. The van der Waals surface area contributed by atoms with Crippen molar-refractivity contribution >= 4 is 24.0 Å². The molecule has 90 valence electrons. The third-order valence-corrected chi connectivity index (χ3v) is 3.08. The maximum absolute atomic E-state index is 11.5. The fourth-order valence-electron chi connectivity index (χ4n) is 1.99. The minimum absolute atomic E-state index is 0. The third kappa shape index (κ3) is 3.51. The second kappa shape index (κ2) is 6.28. The van der Waals surface area contributed by atoms with Gasteiger partial charge in [-0.3, -0.25) is 4.79 Å². The van der Waals surface area contributed by atoms with Crippen LogP contribution in [-0.2, 0) is 6.54 Å². The van der Waals surface area contributed by atoms with Gasteiger partial charge in [-0.2, -0.15) is 0 Å². The topological polar surface area (TPSA) is 34.0 Å². The van der Waals surface area contributed by atoms with Gasteiger partial charge in [-0.05, 0) is 37.9 Å². The first kappa shape index (κ1) is 13.6. The number of nitrogens with one attached hydrogen (secondary N) is 1. The summed E-state index contributed by atoms with van der Waals surface area (Å²) in [5.41, 5.74) is 0.0398. The lowest BCUT2D eigenvalue weighted by Gasteiger charge is -2.23. The number of hydrogen-bond donors (Lipinski definition) is 1. The Hall–Kier alpha value is -0.510. The molecule has 0 radical (unpaired) electrons. The number of piperidine rings is 1. The van der Waals surface area contributed by atoms with Crippen molar-refractivity contribution in [2.45, 2.75) is 19.4 Å². The molecule has 3 nitrogen and oxygen atoms in total. The average molecular weight is 263 g/mol. The summed E-state index contributed by atoms with van der Waals surface area (Å²) in [5, 5.41) is 3.94. The van der Waals surface area contributed by atoms with E-state index >= 15 is 0 Å². The predicted molar refractivity (Wildman–Crippen MR) is 68.6 cm³/mol. The van der Waals surface area contributed by atoms with Crippen molar-refractivity contribution in [3.05, 3.63) is 33.7 Å². The van der Waals surface area contributed by atoms with Crippen LogP contribution in [0.1, 0.15) is 12.8 Å². The van der Waals surface area contributed by atoms with Gasteiger partial charge in [0.25, 0.3) is 5.56 Å². The van der Waals surface area contributed by atoms with Gasteiger partial charge in [0.1, 0.15) is 0 Å². The van der Waals surface area contributed by atoms with Crippen molar-refractivity contribution in [1.29, 1.82) is 0 Å². The molecule has 0 saturated carbocycles. The van der Waals surface area contributed by atoms with Crippen LogP contribution in [0.25, 0.3) is 0 Å². The van der Waals surface area contributed by atoms with E-state index < -0.39 is 0 Å². The SMILES string of the molecule is Cl.O=c1ccc(Cl)cn1CC1CCNCC1. The van der Waals surface area contributed by atoms with Crippen molar-refractivity contribution in [2.75, 3.05) is 13.1 Å². The number of nitrogens with zero attached hydrogens (tertiary/aromatic N) is 1. The highest BCUT2D eigenvalue weighted by Crippen LogP contribution is 2.14. The van der Waals surface area contributed by atoms with Gasteiger partial charge in [0.15, 0.2) is 0 Å². The van der Waals surface area contributed by atoms with Gasteiger partial charge < -0.3 is 9.88 Å². The number of aromatic nitrogens is 1. The Morgan fingerprint density at radius 2 is 2.06 bits per heavy atom. The van der Waals surface area contributed by atoms with Crippen molar-refractivity contribution in [3.8, 4) is 0 Å². The first-order valence-corrected chi connectivity index (χ1v) is 5.70. The molecule has 1 fully saturated rings. The van der Waals surface area contributed by atoms with E-state index in [0.29, 0.717) is 10.9 Å². The van der Waals surface area contributed by atoms with Gasteiger partial charge in [0, 0.05) is 18.8 Å². The maximum Gasteiger partial charge on any atom is 0.250 e. The van der Waals surface area contributed by atoms with E-state index in [1.807, 2.05) is 0 Å². The van der Waals surface area contributed by atoms with E-state index in [1.165, 1.54) is 6.07 Å². The van der Waals surface area contributed by atoms with E-state index in [9.17, 15) is 4.79 Å². The van der Waals surface area contributed by atoms with E-state index in [0.717, 1.165) is 32.5 Å². The van der Waals surface area contributed by atoms with E-state index in [1.54, 1.807) is 16.8 Å². The van der Waals surface area contributed by atoms with Gasteiger partial charge in [-0.1, -0.05) is 11.6 Å². The molecule has 0 amide bonds. The van der Waals surface area contributed by atoms with Crippen LogP contribution in [0.3, 0.4) is 0 Å². The maximum atomic E-state index is 11.5. The molecular weight excluding hydrogens is 247 g/mol. The predicted octanol–water partition coefficient (Wildman–Crippen LogP) is 1.92. The summed E-state index contributed by atoms with van der Waals surface area (Å²) in [4.78, 5) is 11.5. The second-order valence-electron chi connectivity index (χ2n) is 4.03. The van der Waals surface area contributed by atoms with Gasteiger partial charge >= 0.3 is 0 Å². The molecular formula is C11H16Cl2N2O. The Morgan fingerprint density at radius 3 is 2.75 bits per heavy atom. The zero-order chi connectivity index (χ0) is 10.7. The molecule has 5 heteroatoms. The minimum Gasteiger partial charge on any atom is -0.317 e. The molecule has 0 unspecified atom stereocenters. The fourth-order valence-corrected chi connectivity index (χ4v) is 2.17. The molecule has 0 spiro atoms. The first-order valence-electron chi connectivity index (χ1n) is 5.32. The molecule has 0 aliphatic carbocycles. The van der Waals surface area contributed by atoms with Gasteiger partial charge in [-0.25, -0.2) is 0 Å². The Kier molecular flexibility index (Phi) is 5.32. The molecule has 16 heavy (non-hydrogen) atoms. The lowest BCUT2D eigenvalue weighted by Crippen LogP contribution is -2.32. The standard InChI is InChI=1S/C11H15ClN2O.ClH/c12-10-1-2-11(15)14(8-10)7-9-3-5-13-6-4-9;/h1-2,8-9,13H,3-7H2;1H. The quantitative estimate of drug-likeness (QED) is 0.884. The molecule has 1 saturated heterocycles. The van der Waals surface area contributed by atoms with Gasteiger partial charge in [0.2, 0.25) is 0 Å². The molecule has 0 aromatic carbocycles. The highest BCUT2D eigenvalue weighted by atomic mass is 35.5. The average Bonchev–Trinajstić information content (AvgIpc) is 2.25. The molecule has 2 rings (SSSR count). The van der Waals surface area contributed by atoms with Crippen LogP contribution in [0.2, 0.25) is 5.02 Å². The zero-order valence-corrected chi connectivity index (χ0v) is 10.6. The molecule has 1 N–H and O–H groups in total. The third-order valence-electron chi connectivity index (χ3n) is 2.86. The number of hydrogen-bond acceptors (Lipinski definition) is 2. The summed E-state index contributed by atoms with van der Waals surface area (Å²) >= 11 is 5.86. The summed E-state index contributed by atoms with van der Waals surface area (Å²) in [6, 6.07) is 3.17. The lowest BCUT2D eigenvalue weighted by molar-refractivity contribution is 0.330. The summed E-state index contributed by atoms with van der Waals surface area (Å²) in [5.74, 6) is 0.599. The highest BCUT2D eigenvalue weighted by molar-refractivity contribution is 6.30. The van der Waals surface area contributed by atoms with Crippen LogP contribution < -0.4 is 10.9 Å². The molecule has 0 atom stereocenters. The number of rotatable bonds is 2. The number of halogens is 2. The van der Waals surface area contributed by atoms with Crippen LogP contribution in [0.15, 0.2) is 23.1 Å². The van der Waals surface area contributed by atoms with Crippen LogP contribution in [0, 0.1) is 5.92 Å². The van der Waals surface area contributed by atoms with E-state index in [4.69, 9.17) is 11.6 Å². The zero-order valence-electron chi connectivity index (χ0n) is 8.99. The smallest absolute Gasteiger partial charge is 0.250 e. The molecule has 1 aliphatic rings. The van der Waals surface area contributed by atoms with Gasteiger partial charge in [0.05, 0.1) is 5.02 Å². The molecule has 1 aliphatic heterocycles. The fraction of sp³-hybridized carbons (Fsp3) is 0.545. The minimum atomic E-state index is 0. The largest absolute Gasteiger partial charge is 0.317 e. The molecule has 1 aromatic rings. The molecule has 2 heterocycles. The Balaban J connectivity index is 0.00000128. The first-order chi connectivity index (χ1) is 7.25. The van der Waals surface area contributed by atoms with Crippen LogP contribution in [0.4, 0.5) is 0 Å².